The standard InChI is InChI=1S/C17H16AsNO6/c1-12(20)19-16-11-14(21)8-9-15(16)18(23,24)25-17(22)10-7-13-5-3-2-4-6-13/h2-11,21H,1H3,(H,19,20)(H,23,24). The van der Waals surface area contributed by atoms with E-state index < -0.39 is 26.0 Å². The maximum absolute atomic E-state index is 12.5. The second-order valence-corrected chi connectivity index (χ2v) is 8.64. The number of hydrogen-bond donors (Lipinski definition) is 3. The number of amides is 1. The van der Waals surface area contributed by atoms with Crippen LogP contribution in [-0.2, 0) is 17.1 Å². The molecule has 0 saturated heterocycles. The Bertz CT molecular complexity index is 863. The zero-order valence-corrected chi connectivity index (χ0v) is 15.1. The van der Waals surface area contributed by atoms with Crippen molar-refractivity contribution in [2.24, 2.45) is 0 Å². The Morgan fingerprint density at radius 2 is 1.84 bits per heavy atom. The molecule has 0 heterocycles. The van der Waals surface area contributed by atoms with Crippen molar-refractivity contribution in [2.75, 3.05) is 5.32 Å². The van der Waals surface area contributed by atoms with Crippen LogP contribution in [0.25, 0.3) is 6.08 Å². The Kier molecular flexibility index (Phi) is 5.85. The van der Waals surface area contributed by atoms with E-state index in [1.54, 1.807) is 24.3 Å². The Hall–Kier alpha value is -2.76. The van der Waals surface area contributed by atoms with Crippen molar-refractivity contribution in [3.8, 4) is 5.75 Å². The van der Waals surface area contributed by atoms with Crippen LogP contribution in [0.3, 0.4) is 0 Å². The van der Waals surface area contributed by atoms with Crippen LogP contribution in [0.5, 0.6) is 5.75 Å². The quantitative estimate of drug-likeness (QED) is 0.509. The molecule has 7 nitrogen and oxygen atoms in total. The molecule has 0 aliphatic rings. The van der Waals surface area contributed by atoms with Gasteiger partial charge in [0.25, 0.3) is 0 Å². The first-order valence-corrected chi connectivity index (χ1v) is 10.5. The molecule has 0 aliphatic heterocycles. The molecule has 0 fully saturated rings. The topological polar surface area (TPSA) is 113 Å². The van der Waals surface area contributed by atoms with Gasteiger partial charge in [0.15, 0.2) is 0 Å². The maximum atomic E-state index is 12.5. The first kappa shape index (κ1) is 18.6. The van der Waals surface area contributed by atoms with Gasteiger partial charge < -0.3 is 0 Å². The summed E-state index contributed by atoms with van der Waals surface area (Å²) >= 11 is -5.28. The van der Waals surface area contributed by atoms with Crippen molar-refractivity contribution in [3.05, 3.63) is 60.2 Å². The van der Waals surface area contributed by atoms with Gasteiger partial charge in [0, 0.05) is 0 Å². The fraction of sp³-hybridized carbons (Fsp3) is 0.0588. The Balaban J connectivity index is 2.21. The number of carbonyl (C=O) groups is 2. The molecule has 1 amide bonds. The number of phenols is 1. The monoisotopic (exact) mass is 405 g/mol. The van der Waals surface area contributed by atoms with Crippen molar-refractivity contribution < 1.29 is 26.3 Å². The molecule has 3 N–H and O–H groups in total. The van der Waals surface area contributed by atoms with Crippen molar-refractivity contribution in [1.82, 2.24) is 0 Å². The fourth-order valence-electron chi connectivity index (χ4n) is 1.99. The van der Waals surface area contributed by atoms with Crippen LogP contribution >= 0.6 is 0 Å². The van der Waals surface area contributed by atoms with Crippen LogP contribution in [0.4, 0.5) is 5.69 Å². The summed E-state index contributed by atoms with van der Waals surface area (Å²) in [6.07, 6.45) is 2.49. The van der Waals surface area contributed by atoms with Crippen molar-refractivity contribution in [1.29, 1.82) is 0 Å². The molecule has 1 unspecified atom stereocenters. The molecule has 2 aromatic rings. The summed E-state index contributed by atoms with van der Waals surface area (Å²) in [5.74, 6) is -1.70. The number of aromatic hydroxyl groups is 1. The summed E-state index contributed by atoms with van der Waals surface area (Å²) in [5, 5.41) is 11.8. The van der Waals surface area contributed by atoms with Crippen LogP contribution in [0.15, 0.2) is 54.6 Å². The zero-order chi connectivity index (χ0) is 18.4. The van der Waals surface area contributed by atoms with Gasteiger partial charge in [-0.25, -0.2) is 0 Å². The molecule has 0 aliphatic carbocycles. The number of phenolic OH excluding ortho intramolecular Hbond substituents is 1. The molecule has 8 heteroatoms. The van der Waals surface area contributed by atoms with E-state index in [1.807, 2.05) is 6.07 Å². The molecule has 0 radical (unpaired) electrons. The zero-order valence-electron chi connectivity index (χ0n) is 13.2. The molecule has 1 atom stereocenters. The molecule has 130 valence electrons. The second-order valence-electron chi connectivity index (χ2n) is 5.06. The van der Waals surface area contributed by atoms with E-state index in [9.17, 15) is 22.5 Å². The predicted molar refractivity (Wildman–Crippen MR) is 92.3 cm³/mol. The predicted octanol–water partition coefficient (Wildman–Crippen LogP) is 1.18. The van der Waals surface area contributed by atoms with Crippen molar-refractivity contribution in [3.63, 3.8) is 0 Å². The SMILES string of the molecule is CC(=O)Nc1cc(O)ccc1[As](=O)(O)OC(=O)C=Cc1ccccc1. The van der Waals surface area contributed by atoms with E-state index in [0.717, 1.165) is 23.8 Å². The minimum atomic E-state index is -5.28. The van der Waals surface area contributed by atoms with Gasteiger partial charge in [0.2, 0.25) is 0 Å². The molecule has 0 bridgehead atoms. The Morgan fingerprint density at radius 1 is 1.16 bits per heavy atom. The van der Waals surface area contributed by atoms with Gasteiger partial charge in [-0.3, -0.25) is 0 Å². The number of anilines is 1. The van der Waals surface area contributed by atoms with Gasteiger partial charge in [-0.1, -0.05) is 0 Å². The summed E-state index contributed by atoms with van der Waals surface area (Å²) < 4.78 is 27.1. The number of rotatable bonds is 5. The molecule has 2 aromatic carbocycles. The first-order valence-electron chi connectivity index (χ1n) is 7.18. The van der Waals surface area contributed by atoms with Crippen LogP contribution in [-0.4, -0.2) is 35.3 Å². The van der Waals surface area contributed by atoms with Crippen LogP contribution in [0.2, 0.25) is 0 Å². The van der Waals surface area contributed by atoms with Gasteiger partial charge >= 0.3 is 147 Å². The van der Waals surface area contributed by atoms with Crippen LogP contribution in [0, 0.1) is 0 Å². The molecule has 0 aromatic heterocycles. The van der Waals surface area contributed by atoms with E-state index in [1.165, 1.54) is 19.1 Å². The summed E-state index contributed by atoms with van der Waals surface area (Å²) in [7, 11) is 0. The summed E-state index contributed by atoms with van der Waals surface area (Å²) in [4.78, 5) is 23.1. The molecular weight excluding hydrogens is 389 g/mol. The van der Waals surface area contributed by atoms with Gasteiger partial charge in [-0.15, -0.1) is 0 Å². The second kappa shape index (κ2) is 7.87. The Morgan fingerprint density at radius 3 is 2.48 bits per heavy atom. The van der Waals surface area contributed by atoms with Crippen LogP contribution in [0.1, 0.15) is 12.5 Å². The van der Waals surface area contributed by atoms with Gasteiger partial charge in [-0.05, 0) is 0 Å². The van der Waals surface area contributed by atoms with E-state index in [4.69, 9.17) is 3.73 Å². The average molecular weight is 405 g/mol. The molecular formula is C17H16AsNO6. The summed E-state index contributed by atoms with van der Waals surface area (Å²) in [6, 6.07) is 12.3. The summed E-state index contributed by atoms with van der Waals surface area (Å²) in [5.41, 5.74) is 0.639. The Labute approximate surface area is 146 Å². The first-order chi connectivity index (χ1) is 11.8. The third-order valence-corrected chi connectivity index (χ3v) is 6.01. The van der Waals surface area contributed by atoms with Crippen molar-refractivity contribution >= 4 is 42.2 Å². The minimum absolute atomic E-state index is 0.0858. The van der Waals surface area contributed by atoms with Gasteiger partial charge in [0.1, 0.15) is 0 Å². The normalized spacial score (nSPS) is 13.2. The molecule has 2 rings (SSSR count). The number of hydrogen-bond acceptors (Lipinski definition) is 5. The van der Waals surface area contributed by atoms with E-state index >= 15 is 0 Å². The van der Waals surface area contributed by atoms with Crippen molar-refractivity contribution in [2.45, 2.75) is 6.92 Å². The molecule has 0 saturated carbocycles. The fourth-order valence-corrected chi connectivity index (χ4v) is 4.28. The average Bonchev–Trinajstić information content (AvgIpc) is 2.52. The summed E-state index contributed by atoms with van der Waals surface area (Å²) in [6.45, 7) is 1.21. The van der Waals surface area contributed by atoms with Crippen LogP contribution < -0.4 is 9.67 Å². The van der Waals surface area contributed by atoms with Gasteiger partial charge in [0.05, 0.1) is 0 Å². The number of carbonyl (C=O) groups excluding carboxylic acids is 2. The van der Waals surface area contributed by atoms with E-state index in [-0.39, 0.29) is 15.8 Å². The van der Waals surface area contributed by atoms with E-state index in [2.05, 4.69) is 5.32 Å². The number of benzene rings is 2. The van der Waals surface area contributed by atoms with E-state index in [0.29, 0.717) is 0 Å². The third-order valence-electron chi connectivity index (χ3n) is 3.02. The van der Waals surface area contributed by atoms with Gasteiger partial charge in [-0.2, -0.15) is 0 Å². The third kappa shape index (κ3) is 5.38. The molecule has 25 heavy (non-hydrogen) atoms. The molecule has 0 spiro atoms. The number of nitrogens with one attached hydrogen (secondary N) is 1.